The summed E-state index contributed by atoms with van der Waals surface area (Å²) in [5, 5.41) is 13.3. The van der Waals surface area contributed by atoms with Crippen molar-refractivity contribution in [2.24, 2.45) is 0 Å². The molecule has 0 aliphatic heterocycles. The van der Waals surface area contributed by atoms with Gasteiger partial charge in [0.2, 0.25) is 0 Å². The van der Waals surface area contributed by atoms with Crippen molar-refractivity contribution in [3.8, 4) is 5.69 Å². The highest BCUT2D eigenvalue weighted by molar-refractivity contribution is 7.90. The molecular formula is C11H13N3O3S. The monoisotopic (exact) mass is 267 g/mol. The molecule has 2 aromatic heterocycles. The molecule has 6 nitrogen and oxygen atoms in total. The first-order valence-electron chi connectivity index (χ1n) is 5.27. The number of hydrogen-bond acceptors (Lipinski definition) is 5. The van der Waals surface area contributed by atoms with Gasteiger partial charge >= 0.3 is 0 Å². The third-order valence-corrected chi connectivity index (χ3v) is 3.52. The minimum atomic E-state index is -3.26. The van der Waals surface area contributed by atoms with Crippen LogP contribution < -0.4 is 0 Å². The first-order valence-corrected chi connectivity index (χ1v) is 7.16. The minimum Gasteiger partial charge on any atom is -0.387 e. The number of sulfone groups is 1. The number of aliphatic hydroxyl groups excluding tert-OH is 1. The van der Waals surface area contributed by atoms with E-state index in [0.29, 0.717) is 11.4 Å². The maximum absolute atomic E-state index is 11.3. The summed E-state index contributed by atoms with van der Waals surface area (Å²) in [5.41, 5.74) is 1.18. The zero-order valence-electron chi connectivity index (χ0n) is 9.98. The molecule has 2 heterocycles. The molecule has 0 aromatic carbocycles. The molecule has 2 rings (SSSR count). The molecule has 0 radical (unpaired) electrons. The fourth-order valence-electron chi connectivity index (χ4n) is 1.42. The van der Waals surface area contributed by atoms with Crippen molar-refractivity contribution in [1.29, 1.82) is 0 Å². The van der Waals surface area contributed by atoms with Crippen molar-refractivity contribution in [1.82, 2.24) is 14.8 Å². The third kappa shape index (κ3) is 2.57. The molecule has 18 heavy (non-hydrogen) atoms. The molecule has 0 saturated heterocycles. The van der Waals surface area contributed by atoms with Crippen molar-refractivity contribution in [3.63, 3.8) is 0 Å². The maximum Gasteiger partial charge on any atom is 0.178 e. The number of rotatable bonds is 3. The number of pyridine rings is 1. The summed E-state index contributed by atoms with van der Waals surface area (Å²) < 4.78 is 24.1. The van der Waals surface area contributed by atoms with E-state index in [9.17, 15) is 13.5 Å². The Morgan fingerprint density at radius 3 is 2.50 bits per heavy atom. The van der Waals surface area contributed by atoms with Crippen LogP contribution in [0.1, 0.15) is 18.7 Å². The van der Waals surface area contributed by atoms with E-state index in [1.54, 1.807) is 19.1 Å². The summed E-state index contributed by atoms with van der Waals surface area (Å²) in [5.74, 6) is 0. The largest absolute Gasteiger partial charge is 0.387 e. The summed E-state index contributed by atoms with van der Waals surface area (Å²) in [6.45, 7) is 1.62. The van der Waals surface area contributed by atoms with Crippen LogP contribution in [0, 0.1) is 0 Å². The van der Waals surface area contributed by atoms with Gasteiger partial charge in [-0.05, 0) is 19.1 Å². The molecule has 1 atom stereocenters. The van der Waals surface area contributed by atoms with E-state index in [4.69, 9.17) is 0 Å². The average Bonchev–Trinajstić information content (AvgIpc) is 2.78. The quantitative estimate of drug-likeness (QED) is 0.885. The highest BCUT2D eigenvalue weighted by Crippen LogP contribution is 2.14. The Morgan fingerprint density at radius 2 is 2.06 bits per heavy atom. The number of aromatic nitrogens is 3. The molecule has 7 heteroatoms. The lowest BCUT2D eigenvalue weighted by Crippen LogP contribution is -1.99. The second-order valence-corrected chi connectivity index (χ2v) is 6.03. The molecule has 96 valence electrons. The Morgan fingerprint density at radius 1 is 1.33 bits per heavy atom. The van der Waals surface area contributed by atoms with Crippen LogP contribution in [0.3, 0.4) is 0 Å². The van der Waals surface area contributed by atoms with Gasteiger partial charge in [-0.25, -0.2) is 13.1 Å². The van der Waals surface area contributed by atoms with Gasteiger partial charge in [0.05, 0.1) is 29.9 Å². The van der Waals surface area contributed by atoms with Crippen LogP contribution in [0.4, 0.5) is 0 Å². The van der Waals surface area contributed by atoms with Gasteiger partial charge in [0.15, 0.2) is 9.84 Å². The van der Waals surface area contributed by atoms with Crippen molar-refractivity contribution < 1.29 is 13.5 Å². The fourth-order valence-corrected chi connectivity index (χ4v) is 1.95. The Labute approximate surface area is 105 Å². The van der Waals surface area contributed by atoms with E-state index in [1.165, 1.54) is 23.3 Å². The maximum atomic E-state index is 11.3. The number of hydrogen-bond donors (Lipinski definition) is 1. The van der Waals surface area contributed by atoms with Crippen molar-refractivity contribution in [3.05, 3.63) is 36.4 Å². The second-order valence-electron chi connectivity index (χ2n) is 4.01. The van der Waals surface area contributed by atoms with Crippen molar-refractivity contribution >= 4 is 9.84 Å². The smallest absolute Gasteiger partial charge is 0.178 e. The lowest BCUT2D eigenvalue weighted by atomic mass is 10.2. The van der Waals surface area contributed by atoms with Gasteiger partial charge in [0, 0.05) is 12.5 Å². The van der Waals surface area contributed by atoms with Crippen LogP contribution in [-0.2, 0) is 9.84 Å². The second kappa shape index (κ2) is 4.51. The van der Waals surface area contributed by atoms with Crippen LogP contribution in [0.25, 0.3) is 5.69 Å². The first kappa shape index (κ1) is 12.7. The van der Waals surface area contributed by atoms with Gasteiger partial charge in [-0.15, -0.1) is 0 Å². The van der Waals surface area contributed by atoms with Crippen LogP contribution in [0.15, 0.2) is 35.6 Å². The lowest BCUT2D eigenvalue weighted by molar-refractivity contribution is 0.194. The molecular weight excluding hydrogens is 254 g/mol. The van der Waals surface area contributed by atoms with Crippen LogP contribution in [-0.4, -0.2) is 34.5 Å². The summed E-state index contributed by atoms with van der Waals surface area (Å²) in [6, 6.07) is 3.38. The van der Waals surface area contributed by atoms with Gasteiger partial charge < -0.3 is 5.11 Å². The summed E-state index contributed by atoms with van der Waals surface area (Å²) >= 11 is 0. The molecule has 0 bridgehead atoms. The van der Waals surface area contributed by atoms with E-state index in [0.717, 1.165) is 6.26 Å². The van der Waals surface area contributed by atoms with Crippen LogP contribution >= 0.6 is 0 Å². The molecule has 0 aliphatic rings. The molecule has 0 aliphatic carbocycles. The fraction of sp³-hybridized carbons (Fsp3) is 0.273. The van der Waals surface area contributed by atoms with Crippen LogP contribution in [0.2, 0.25) is 0 Å². The molecule has 1 N–H and O–H groups in total. The van der Waals surface area contributed by atoms with Gasteiger partial charge in [-0.3, -0.25) is 4.98 Å². The molecule has 0 fully saturated rings. The predicted octanol–water partition coefficient (Wildman–Crippen LogP) is 0.724. The van der Waals surface area contributed by atoms with Crippen molar-refractivity contribution in [2.45, 2.75) is 17.9 Å². The highest BCUT2D eigenvalue weighted by atomic mass is 32.2. The normalized spacial score (nSPS) is 13.5. The van der Waals surface area contributed by atoms with E-state index in [2.05, 4.69) is 10.1 Å². The van der Waals surface area contributed by atoms with E-state index in [1.807, 2.05) is 0 Å². The van der Waals surface area contributed by atoms with Gasteiger partial charge in [0.1, 0.15) is 4.90 Å². The lowest BCUT2D eigenvalue weighted by Gasteiger charge is -2.05. The predicted molar refractivity (Wildman–Crippen MR) is 65.1 cm³/mol. The summed E-state index contributed by atoms with van der Waals surface area (Å²) in [4.78, 5) is 4.22. The Balaban J connectivity index is 2.35. The van der Waals surface area contributed by atoms with Crippen molar-refractivity contribution in [2.75, 3.05) is 6.26 Å². The average molecular weight is 267 g/mol. The summed E-state index contributed by atoms with van der Waals surface area (Å²) in [6.07, 6.45) is 4.74. The third-order valence-electron chi connectivity index (χ3n) is 2.45. The number of aliphatic hydroxyl groups is 1. The van der Waals surface area contributed by atoms with E-state index < -0.39 is 15.9 Å². The van der Waals surface area contributed by atoms with Gasteiger partial charge in [-0.2, -0.15) is 5.10 Å². The van der Waals surface area contributed by atoms with Crippen LogP contribution in [0.5, 0.6) is 0 Å². The van der Waals surface area contributed by atoms with E-state index in [-0.39, 0.29) is 4.90 Å². The minimum absolute atomic E-state index is 0.155. The first-order chi connectivity index (χ1) is 8.38. The zero-order chi connectivity index (χ0) is 13.3. The topological polar surface area (TPSA) is 85.1 Å². The molecule has 0 saturated carbocycles. The standard InChI is InChI=1S/C11H13N3O3S/c1-8(15)11-4-3-9(5-12-11)14-7-10(6-13-14)18(2,16)17/h3-8,15H,1-2H3/t8-/m0/s1. The molecule has 0 unspecified atom stereocenters. The number of nitrogens with zero attached hydrogens (tertiary/aromatic N) is 3. The highest BCUT2D eigenvalue weighted by Gasteiger charge is 2.11. The molecule has 0 spiro atoms. The summed E-state index contributed by atoms with van der Waals surface area (Å²) in [7, 11) is -3.26. The Bertz CT molecular complexity index is 644. The molecule has 0 amide bonds. The van der Waals surface area contributed by atoms with E-state index >= 15 is 0 Å². The molecule has 2 aromatic rings. The zero-order valence-corrected chi connectivity index (χ0v) is 10.8. The Kier molecular flexibility index (Phi) is 3.18. The van der Waals surface area contributed by atoms with Gasteiger partial charge in [-0.1, -0.05) is 0 Å². The Hall–Kier alpha value is -1.73. The van der Waals surface area contributed by atoms with Gasteiger partial charge in [0.25, 0.3) is 0 Å². The SMILES string of the molecule is C[C@H](O)c1ccc(-n2cc(S(C)(=O)=O)cn2)cn1.